The summed E-state index contributed by atoms with van der Waals surface area (Å²) in [6, 6.07) is 12.1. The van der Waals surface area contributed by atoms with Gasteiger partial charge < -0.3 is 4.90 Å². The molecule has 156 valence electrons. The van der Waals surface area contributed by atoms with Crippen LogP contribution in [0.5, 0.6) is 0 Å². The van der Waals surface area contributed by atoms with Crippen LogP contribution >= 0.6 is 11.8 Å². The van der Waals surface area contributed by atoms with E-state index in [0.717, 1.165) is 24.9 Å². The quantitative estimate of drug-likeness (QED) is 0.382. The Morgan fingerprint density at radius 1 is 1.17 bits per heavy atom. The Bertz CT molecular complexity index is 984. The third-order valence-electron chi connectivity index (χ3n) is 5.06. The lowest BCUT2D eigenvalue weighted by Crippen LogP contribution is -2.48. The normalized spacial score (nSPS) is 14.4. The van der Waals surface area contributed by atoms with Crippen molar-refractivity contribution in [1.82, 2.24) is 9.80 Å². The van der Waals surface area contributed by atoms with Gasteiger partial charge in [0.05, 0.1) is 9.82 Å². The Labute approximate surface area is 179 Å². The molecule has 0 atom stereocenters. The monoisotopic (exact) mass is 425 g/mol. The number of hydrogen-bond donors (Lipinski definition) is 0. The summed E-state index contributed by atoms with van der Waals surface area (Å²) in [6.07, 6.45) is 0.746. The molecular weight excluding hydrogens is 402 g/mol. The van der Waals surface area contributed by atoms with Crippen LogP contribution in [0.15, 0.2) is 58.8 Å². The molecule has 30 heavy (non-hydrogen) atoms. The number of aldehydes is 1. The standard InChI is InChI=1S/C22H23N3O4S/c1-16(14-23-9-11-24(12-10-23)17(2)27)18-7-8-22(20(13-18)25(28)29)30-21-6-4-3-5-19(21)15-26/h3-8,13,15H,1,9-12,14H2,2H3. The highest BCUT2D eigenvalue weighted by atomic mass is 32.2. The molecule has 1 heterocycles. The van der Waals surface area contributed by atoms with E-state index in [9.17, 15) is 19.7 Å². The van der Waals surface area contributed by atoms with Crippen LogP contribution in [0, 0.1) is 10.1 Å². The number of carbonyl (C=O) groups is 2. The van der Waals surface area contributed by atoms with Crippen LogP contribution in [-0.4, -0.2) is 59.6 Å². The van der Waals surface area contributed by atoms with Crippen LogP contribution in [0.2, 0.25) is 0 Å². The highest BCUT2D eigenvalue weighted by Crippen LogP contribution is 2.37. The van der Waals surface area contributed by atoms with Gasteiger partial charge in [0.15, 0.2) is 6.29 Å². The van der Waals surface area contributed by atoms with Gasteiger partial charge in [0.25, 0.3) is 5.69 Å². The summed E-state index contributed by atoms with van der Waals surface area (Å²) in [6.45, 7) is 9.12. The summed E-state index contributed by atoms with van der Waals surface area (Å²) in [5, 5.41) is 11.7. The van der Waals surface area contributed by atoms with E-state index in [0.29, 0.717) is 40.6 Å². The second-order valence-corrected chi connectivity index (χ2v) is 8.17. The molecule has 1 fully saturated rings. The van der Waals surface area contributed by atoms with E-state index in [-0.39, 0.29) is 11.6 Å². The SMILES string of the molecule is C=C(CN1CCN(C(C)=O)CC1)c1ccc(Sc2ccccc2C=O)c([N+](=O)[O-])c1. The molecule has 0 aromatic heterocycles. The number of nitro benzene ring substituents is 1. The van der Waals surface area contributed by atoms with Gasteiger partial charge in [0.1, 0.15) is 0 Å². The second-order valence-electron chi connectivity index (χ2n) is 7.08. The van der Waals surface area contributed by atoms with Gasteiger partial charge in [-0.05, 0) is 23.3 Å². The van der Waals surface area contributed by atoms with Crippen molar-refractivity contribution < 1.29 is 14.5 Å². The van der Waals surface area contributed by atoms with Gasteiger partial charge in [-0.15, -0.1) is 0 Å². The Morgan fingerprint density at radius 3 is 2.50 bits per heavy atom. The third kappa shape index (κ3) is 5.14. The summed E-state index contributed by atoms with van der Waals surface area (Å²) in [7, 11) is 0. The predicted octanol–water partition coefficient (Wildman–Crippen LogP) is 3.74. The first-order chi connectivity index (χ1) is 14.4. The van der Waals surface area contributed by atoms with E-state index in [2.05, 4.69) is 11.5 Å². The van der Waals surface area contributed by atoms with Gasteiger partial charge >= 0.3 is 0 Å². The molecule has 0 unspecified atom stereocenters. The van der Waals surface area contributed by atoms with E-state index in [4.69, 9.17) is 0 Å². The molecule has 0 radical (unpaired) electrons. The maximum atomic E-state index is 11.7. The van der Waals surface area contributed by atoms with Gasteiger partial charge in [0.2, 0.25) is 5.91 Å². The number of nitrogens with zero attached hydrogens (tertiary/aromatic N) is 3. The first-order valence-electron chi connectivity index (χ1n) is 9.55. The largest absolute Gasteiger partial charge is 0.340 e. The van der Waals surface area contributed by atoms with E-state index >= 15 is 0 Å². The van der Waals surface area contributed by atoms with Crippen LogP contribution in [0.25, 0.3) is 5.57 Å². The minimum absolute atomic E-state index is 0.0132. The summed E-state index contributed by atoms with van der Waals surface area (Å²) in [5.74, 6) is 0.0772. The maximum Gasteiger partial charge on any atom is 0.283 e. The molecule has 2 aromatic rings. The number of piperazine rings is 1. The predicted molar refractivity (Wildman–Crippen MR) is 117 cm³/mol. The molecule has 1 amide bonds. The van der Waals surface area contributed by atoms with Crippen molar-refractivity contribution in [3.63, 3.8) is 0 Å². The number of benzene rings is 2. The van der Waals surface area contributed by atoms with E-state index in [1.165, 1.54) is 11.8 Å². The Balaban J connectivity index is 1.75. The van der Waals surface area contributed by atoms with Gasteiger partial charge in [-0.25, -0.2) is 0 Å². The number of amides is 1. The Hall–Kier alpha value is -2.97. The lowest BCUT2D eigenvalue weighted by Gasteiger charge is -2.34. The first kappa shape index (κ1) is 21.7. The molecular formula is C22H23N3O4S. The van der Waals surface area contributed by atoms with Crippen molar-refractivity contribution in [2.24, 2.45) is 0 Å². The number of hydrogen-bond acceptors (Lipinski definition) is 6. The average molecular weight is 426 g/mol. The van der Waals surface area contributed by atoms with Gasteiger partial charge in [-0.1, -0.05) is 42.6 Å². The van der Waals surface area contributed by atoms with Crippen molar-refractivity contribution in [2.45, 2.75) is 16.7 Å². The minimum Gasteiger partial charge on any atom is -0.340 e. The molecule has 1 saturated heterocycles. The maximum absolute atomic E-state index is 11.7. The molecule has 0 bridgehead atoms. The zero-order valence-corrected chi connectivity index (χ0v) is 17.6. The van der Waals surface area contributed by atoms with Crippen molar-refractivity contribution in [2.75, 3.05) is 32.7 Å². The molecule has 1 aliphatic heterocycles. The van der Waals surface area contributed by atoms with E-state index in [1.54, 1.807) is 43.3 Å². The van der Waals surface area contributed by atoms with Crippen molar-refractivity contribution in [3.8, 4) is 0 Å². The molecule has 0 spiro atoms. The third-order valence-corrected chi connectivity index (χ3v) is 6.22. The fourth-order valence-electron chi connectivity index (χ4n) is 3.34. The van der Waals surface area contributed by atoms with Gasteiger partial charge in [0, 0.05) is 56.2 Å². The molecule has 0 saturated carbocycles. The summed E-state index contributed by atoms with van der Waals surface area (Å²) >= 11 is 1.20. The number of rotatable bonds is 7. The summed E-state index contributed by atoms with van der Waals surface area (Å²) in [5.41, 5.74) is 1.98. The minimum atomic E-state index is -0.408. The topological polar surface area (TPSA) is 83.8 Å². The second kappa shape index (κ2) is 9.69. The Morgan fingerprint density at radius 2 is 1.87 bits per heavy atom. The molecule has 0 N–H and O–H groups in total. The van der Waals surface area contributed by atoms with E-state index in [1.807, 2.05) is 11.0 Å². The molecule has 1 aliphatic rings. The van der Waals surface area contributed by atoms with E-state index < -0.39 is 4.92 Å². The average Bonchev–Trinajstić information content (AvgIpc) is 2.74. The van der Waals surface area contributed by atoms with Gasteiger partial charge in [-0.2, -0.15) is 0 Å². The molecule has 3 rings (SSSR count). The zero-order valence-electron chi connectivity index (χ0n) is 16.7. The molecule has 0 aliphatic carbocycles. The van der Waals surface area contributed by atoms with Crippen LogP contribution in [0.1, 0.15) is 22.8 Å². The molecule has 2 aromatic carbocycles. The van der Waals surface area contributed by atoms with Crippen LogP contribution in [-0.2, 0) is 4.79 Å². The fourth-order valence-corrected chi connectivity index (χ4v) is 4.33. The van der Waals surface area contributed by atoms with Crippen molar-refractivity contribution in [1.29, 1.82) is 0 Å². The number of nitro groups is 1. The molecule has 7 nitrogen and oxygen atoms in total. The lowest BCUT2D eigenvalue weighted by molar-refractivity contribution is -0.387. The lowest BCUT2D eigenvalue weighted by atomic mass is 10.1. The highest BCUT2D eigenvalue weighted by Gasteiger charge is 2.21. The number of carbonyl (C=O) groups excluding carboxylic acids is 2. The summed E-state index contributed by atoms with van der Waals surface area (Å²) in [4.78, 5) is 39.1. The highest BCUT2D eigenvalue weighted by molar-refractivity contribution is 7.99. The van der Waals surface area contributed by atoms with Crippen LogP contribution in [0.4, 0.5) is 5.69 Å². The van der Waals surface area contributed by atoms with Crippen molar-refractivity contribution >= 4 is 35.2 Å². The molecule has 8 heteroatoms. The van der Waals surface area contributed by atoms with Crippen molar-refractivity contribution in [3.05, 3.63) is 70.3 Å². The smallest absolute Gasteiger partial charge is 0.283 e. The van der Waals surface area contributed by atoms with Crippen LogP contribution in [0.3, 0.4) is 0 Å². The van der Waals surface area contributed by atoms with Gasteiger partial charge in [-0.3, -0.25) is 24.6 Å². The zero-order chi connectivity index (χ0) is 21.7. The first-order valence-corrected chi connectivity index (χ1v) is 10.4. The Kier molecular flexibility index (Phi) is 7.02. The summed E-state index contributed by atoms with van der Waals surface area (Å²) < 4.78 is 0. The van der Waals surface area contributed by atoms with Crippen LogP contribution < -0.4 is 0 Å². The fraction of sp³-hybridized carbons (Fsp3) is 0.273.